The van der Waals surface area contributed by atoms with Gasteiger partial charge in [0.15, 0.2) is 5.13 Å². The molecule has 2 aliphatic heterocycles. The highest BCUT2D eigenvalue weighted by molar-refractivity contribution is 7.85. The summed E-state index contributed by atoms with van der Waals surface area (Å²) in [5.74, 6) is 1.02. The van der Waals surface area contributed by atoms with E-state index in [0.29, 0.717) is 36.7 Å². The molecule has 3 heterocycles. The number of carbonyl (C=O) groups is 1. The summed E-state index contributed by atoms with van der Waals surface area (Å²) < 4.78 is 17.9. The molecule has 2 aliphatic rings. The fourth-order valence-corrected chi connectivity index (χ4v) is 7.14. The van der Waals surface area contributed by atoms with Gasteiger partial charge in [0, 0.05) is 66.0 Å². The Morgan fingerprint density at radius 2 is 2.03 bits per heavy atom. The van der Waals surface area contributed by atoms with Gasteiger partial charge in [-0.05, 0) is 47.7 Å². The third-order valence-electron chi connectivity index (χ3n) is 7.54. The molecule has 0 saturated carbocycles. The Hall–Kier alpha value is -3.26. The van der Waals surface area contributed by atoms with Crippen LogP contribution in [0.5, 0.6) is 5.75 Å². The Morgan fingerprint density at radius 1 is 1.23 bits per heavy atom. The molecule has 1 N–H and O–H groups in total. The van der Waals surface area contributed by atoms with Gasteiger partial charge in [-0.2, -0.15) is 5.26 Å². The average Bonchev–Trinajstić information content (AvgIpc) is 3.57. The largest absolute Gasteiger partial charge is 0.488 e. The van der Waals surface area contributed by atoms with Gasteiger partial charge < -0.3 is 14.7 Å². The second-order valence-electron chi connectivity index (χ2n) is 10.3. The van der Waals surface area contributed by atoms with Crippen LogP contribution in [0.3, 0.4) is 0 Å². The minimum atomic E-state index is -0.772. The molecule has 2 aromatic carbocycles. The molecule has 2 saturated heterocycles. The summed E-state index contributed by atoms with van der Waals surface area (Å²) in [5.41, 5.74) is 5.45. The Morgan fingerprint density at radius 3 is 2.72 bits per heavy atom. The van der Waals surface area contributed by atoms with Gasteiger partial charge in [0.2, 0.25) is 0 Å². The summed E-state index contributed by atoms with van der Waals surface area (Å²) in [7, 11) is -0.674. The quantitative estimate of drug-likeness (QED) is 0.432. The van der Waals surface area contributed by atoms with Crippen LogP contribution in [0.1, 0.15) is 29.2 Å². The molecule has 0 spiro atoms. The van der Waals surface area contributed by atoms with Gasteiger partial charge in [-0.1, -0.05) is 25.1 Å². The van der Waals surface area contributed by atoms with E-state index in [9.17, 15) is 19.4 Å². The Kier molecular flexibility index (Phi) is 8.31. The number of hydrogen-bond acceptors (Lipinski definition) is 8. The van der Waals surface area contributed by atoms with Crippen molar-refractivity contribution >= 4 is 33.2 Å². The molecule has 39 heavy (non-hydrogen) atoms. The zero-order valence-corrected chi connectivity index (χ0v) is 23.8. The Balaban J connectivity index is 1.30. The second kappa shape index (κ2) is 11.9. The molecule has 8 nitrogen and oxygen atoms in total. The van der Waals surface area contributed by atoms with Crippen molar-refractivity contribution in [1.82, 2.24) is 9.88 Å². The van der Waals surface area contributed by atoms with Gasteiger partial charge in [-0.25, -0.2) is 4.98 Å². The molecule has 5 rings (SSSR count). The molecule has 0 aliphatic carbocycles. The molecule has 204 valence electrons. The van der Waals surface area contributed by atoms with Gasteiger partial charge >= 0.3 is 5.97 Å². The second-order valence-corrected chi connectivity index (χ2v) is 12.9. The van der Waals surface area contributed by atoms with E-state index in [1.165, 1.54) is 16.9 Å². The van der Waals surface area contributed by atoms with E-state index in [2.05, 4.69) is 36.1 Å². The van der Waals surface area contributed by atoms with E-state index >= 15 is 0 Å². The van der Waals surface area contributed by atoms with Crippen LogP contribution in [-0.4, -0.2) is 62.9 Å². The van der Waals surface area contributed by atoms with E-state index in [4.69, 9.17) is 9.72 Å². The molecular weight excluding hydrogens is 532 g/mol. The lowest BCUT2D eigenvalue weighted by atomic mass is 9.99. The molecule has 1 aromatic heterocycles. The number of aromatic nitrogens is 1. The first-order valence-electron chi connectivity index (χ1n) is 13.1. The summed E-state index contributed by atoms with van der Waals surface area (Å²) in [5, 5.41) is 21.7. The normalized spacial score (nSPS) is 20.2. The molecule has 2 unspecified atom stereocenters. The van der Waals surface area contributed by atoms with Crippen molar-refractivity contribution in [2.75, 3.05) is 42.6 Å². The van der Waals surface area contributed by atoms with Crippen LogP contribution in [0.2, 0.25) is 0 Å². The zero-order chi connectivity index (χ0) is 27.5. The number of nitrogens with zero attached hydrogens (tertiary/aromatic N) is 4. The fraction of sp³-hybridized carbons (Fsp3) is 0.414. The summed E-state index contributed by atoms with van der Waals surface area (Å²) in [6, 6.07) is 14.0. The van der Waals surface area contributed by atoms with Crippen molar-refractivity contribution in [3.8, 4) is 23.1 Å². The number of carboxylic acids is 1. The maximum Gasteiger partial charge on any atom is 0.308 e. The third kappa shape index (κ3) is 6.32. The molecule has 3 aromatic rings. The SMILES string of the molecule is Cc1cc(CN2CCS(=O)CC2)ccc1COc1ccc(C#N)cc1-c1csc(N2CC(C)C(C(=O)O)C2)n1. The third-order valence-corrected chi connectivity index (χ3v) is 9.72. The average molecular weight is 565 g/mol. The number of thiazole rings is 1. The van der Waals surface area contributed by atoms with Crippen LogP contribution >= 0.6 is 11.3 Å². The summed E-state index contributed by atoms with van der Waals surface area (Å²) in [6.45, 7) is 8.11. The highest BCUT2D eigenvalue weighted by Crippen LogP contribution is 2.37. The van der Waals surface area contributed by atoms with Crippen molar-refractivity contribution in [2.24, 2.45) is 11.8 Å². The van der Waals surface area contributed by atoms with Crippen molar-refractivity contribution in [3.05, 3.63) is 64.0 Å². The standard InChI is InChI=1S/C29H32N4O4S2/c1-19-11-22(15-32-7-9-39(36)10-8-32)3-5-23(19)17-37-27-6-4-21(13-30)12-24(27)26-18-38-29(31-26)33-14-20(2)25(16-33)28(34)35/h3-6,11-12,18,20,25H,7-10,14-17H2,1-2H3,(H,34,35). The number of aliphatic carboxylic acids is 1. The van der Waals surface area contributed by atoms with Crippen LogP contribution in [0.4, 0.5) is 5.13 Å². The smallest absolute Gasteiger partial charge is 0.308 e. The highest BCUT2D eigenvalue weighted by atomic mass is 32.2. The molecule has 0 amide bonds. The number of aryl methyl sites for hydroxylation is 1. The number of nitriles is 1. The minimum Gasteiger partial charge on any atom is -0.488 e. The number of anilines is 1. The molecule has 2 fully saturated rings. The summed E-state index contributed by atoms with van der Waals surface area (Å²) >= 11 is 1.47. The fourth-order valence-electron chi connectivity index (χ4n) is 5.17. The molecule has 0 bridgehead atoms. The van der Waals surface area contributed by atoms with Crippen LogP contribution in [0.25, 0.3) is 11.3 Å². The van der Waals surface area contributed by atoms with Gasteiger partial charge in [-0.15, -0.1) is 11.3 Å². The molecule has 10 heteroatoms. The Bertz CT molecular complexity index is 1420. The highest BCUT2D eigenvalue weighted by Gasteiger charge is 2.36. The van der Waals surface area contributed by atoms with Crippen molar-refractivity contribution < 1.29 is 18.8 Å². The predicted molar refractivity (Wildman–Crippen MR) is 153 cm³/mol. The van der Waals surface area contributed by atoms with E-state index in [0.717, 1.165) is 53.0 Å². The lowest BCUT2D eigenvalue weighted by Gasteiger charge is -2.26. The minimum absolute atomic E-state index is 0.0515. The predicted octanol–water partition coefficient (Wildman–Crippen LogP) is 4.29. The van der Waals surface area contributed by atoms with Gasteiger partial charge in [-0.3, -0.25) is 13.9 Å². The van der Waals surface area contributed by atoms with E-state index < -0.39 is 22.7 Å². The lowest BCUT2D eigenvalue weighted by Crippen LogP contribution is -2.37. The lowest BCUT2D eigenvalue weighted by molar-refractivity contribution is -0.142. The first-order valence-corrected chi connectivity index (χ1v) is 15.4. The Labute approximate surface area is 235 Å². The number of carboxylic acid groups (broad SMARTS) is 1. The van der Waals surface area contributed by atoms with Gasteiger partial charge in [0.25, 0.3) is 0 Å². The monoisotopic (exact) mass is 564 g/mol. The van der Waals surface area contributed by atoms with E-state index in [1.807, 2.05) is 23.3 Å². The van der Waals surface area contributed by atoms with Crippen LogP contribution < -0.4 is 9.64 Å². The zero-order valence-electron chi connectivity index (χ0n) is 22.1. The van der Waals surface area contributed by atoms with Gasteiger partial charge in [0.1, 0.15) is 12.4 Å². The molecular formula is C29H32N4O4S2. The number of benzene rings is 2. The molecule has 0 radical (unpaired) electrons. The van der Waals surface area contributed by atoms with Crippen LogP contribution in [0, 0.1) is 30.1 Å². The number of hydrogen-bond donors (Lipinski definition) is 1. The van der Waals surface area contributed by atoms with Crippen molar-refractivity contribution in [1.29, 1.82) is 5.26 Å². The van der Waals surface area contributed by atoms with Crippen LogP contribution in [-0.2, 0) is 28.7 Å². The number of rotatable bonds is 8. The van der Waals surface area contributed by atoms with Crippen molar-refractivity contribution in [2.45, 2.75) is 27.0 Å². The number of ether oxygens (including phenoxy) is 1. The summed E-state index contributed by atoms with van der Waals surface area (Å²) in [4.78, 5) is 20.7. The summed E-state index contributed by atoms with van der Waals surface area (Å²) in [6.07, 6.45) is 0. The topological polar surface area (TPSA) is 107 Å². The van der Waals surface area contributed by atoms with E-state index in [1.54, 1.807) is 12.1 Å². The first-order chi connectivity index (χ1) is 18.8. The maximum absolute atomic E-state index is 11.6. The van der Waals surface area contributed by atoms with Gasteiger partial charge in [0.05, 0.1) is 23.2 Å². The van der Waals surface area contributed by atoms with E-state index in [-0.39, 0.29) is 5.92 Å². The van der Waals surface area contributed by atoms with Crippen LogP contribution in [0.15, 0.2) is 41.8 Å². The first kappa shape index (κ1) is 27.3. The maximum atomic E-state index is 11.6. The molecule has 2 atom stereocenters. The van der Waals surface area contributed by atoms with Crippen molar-refractivity contribution in [3.63, 3.8) is 0 Å².